The zero-order valence-electron chi connectivity index (χ0n) is 9.91. The predicted molar refractivity (Wildman–Crippen MR) is 64.0 cm³/mol. The summed E-state index contributed by atoms with van der Waals surface area (Å²) in [6, 6.07) is 8.61. The van der Waals surface area contributed by atoms with Crippen molar-refractivity contribution < 1.29 is 9.53 Å². The summed E-state index contributed by atoms with van der Waals surface area (Å²) in [7, 11) is 0. The molecule has 1 aromatic rings. The second-order valence-electron chi connectivity index (χ2n) is 3.99. The molecule has 0 aliphatic rings. The van der Waals surface area contributed by atoms with Crippen LogP contribution in [-0.2, 0) is 16.1 Å². The van der Waals surface area contributed by atoms with Gasteiger partial charge in [0.15, 0.2) is 0 Å². The Bertz CT molecular complexity index is 411. The first kappa shape index (κ1) is 13.1. The molecule has 90 valence electrons. The second-order valence-corrected chi connectivity index (χ2v) is 3.99. The van der Waals surface area contributed by atoms with Gasteiger partial charge in [-0.25, -0.2) is 0 Å². The monoisotopic (exact) mass is 233 g/mol. The highest BCUT2D eigenvalue weighted by Gasteiger charge is 2.22. The molecule has 0 bridgehead atoms. The van der Waals surface area contributed by atoms with Crippen LogP contribution in [0.25, 0.3) is 10.4 Å². The molecule has 0 fully saturated rings. The lowest BCUT2D eigenvalue weighted by molar-refractivity contribution is -0.147. The number of nitrogens with zero attached hydrogens (tertiary/aromatic N) is 3. The summed E-state index contributed by atoms with van der Waals surface area (Å²) in [5, 5.41) is 3.44. The molecule has 0 heterocycles. The van der Waals surface area contributed by atoms with E-state index in [-0.39, 0.29) is 12.5 Å². The predicted octanol–water partition coefficient (Wildman–Crippen LogP) is 3.06. The molecule has 0 spiro atoms. The Balaban J connectivity index is 2.56. The van der Waals surface area contributed by atoms with Gasteiger partial charge in [0.2, 0.25) is 0 Å². The van der Waals surface area contributed by atoms with Crippen LogP contribution < -0.4 is 0 Å². The molecule has 0 N–H and O–H groups in total. The smallest absolute Gasteiger partial charge is 0.315 e. The standard InChI is InChI=1S/C12H15N3O2/c1-9(2)11(14-15-13)12(16)17-8-10-6-4-3-5-7-10/h3-7,9,11H,8H2,1-2H3/t11-/m0/s1. The van der Waals surface area contributed by atoms with Gasteiger partial charge in [-0.15, -0.1) is 0 Å². The number of hydrogen-bond acceptors (Lipinski definition) is 3. The number of azide groups is 1. The number of rotatable bonds is 5. The van der Waals surface area contributed by atoms with Crippen molar-refractivity contribution in [2.24, 2.45) is 11.0 Å². The minimum absolute atomic E-state index is 0.0748. The normalized spacial score (nSPS) is 11.7. The highest BCUT2D eigenvalue weighted by Crippen LogP contribution is 2.10. The van der Waals surface area contributed by atoms with Crippen LogP contribution in [-0.4, -0.2) is 12.0 Å². The van der Waals surface area contributed by atoms with E-state index in [1.807, 2.05) is 44.2 Å². The van der Waals surface area contributed by atoms with Gasteiger partial charge >= 0.3 is 5.97 Å². The maximum absolute atomic E-state index is 11.7. The van der Waals surface area contributed by atoms with E-state index in [0.717, 1.165) is 5.56 Å². The van der Waals surface area contributed by atoms with Crippen molar-refractivity contribution >= 4 is 5.97 Å². The zero-order valence-corrected chi connectivity index (χ0v) is 9.91. The average molecular weight is 233 g/mol. The quantitative estimate of drug-likeness (QED) is 0.339. The number of carbonyl (C=O) groups excluding carboxylic acids is 1. The van der Waals surface area contributed by atoms with Gasteiger partial charge in [-0.3, -0.25) is 4.79 Å². The molecule has 0 saturated carbocycles. The molecule has 0 saturated heterocycles. The van der Waals surface area contributed by atoms with E-state index in [4.69, 9.17) is 10.3 Å². The van der Waals surface area contributed by atoms with Gasteiger partial charge in [0.05, 0.1) is 0 Å². The van der Waals surface area contributed by atoms with E-state index in [0.29, 0.717) is 0 Å². The number of benzene rings is 1. The fraction of sp³-hybridized carbons (Fsp3) is 0.417. The van der Waals surface area contributed by atoms with Gasteiger partial charge < -0.3 is 4.74 Å². The Morgan fingerprint density at radius 3 is 2.59 bits per heavy atom. The Hall–Kier alpha value is -2.00. The Morgan fingerprint density at radius 1 is 1.41 bits per heavy atom. The fourth-order valence-electron chi connectivity index (χ4n) is 1.32. The molecular weight excluding hydrogens is 218 g/mol. The van der Waals surface area contributed by atoms with Gasteiger partial charge in [0.1, 0.15) is 12.6 Å². The van der Waals surface area contributed by atoms with Crippen molar-refractivity contribution in [2.45, 2.75) is 26.5 Å². The summed E-state index contributed by atoms with van der Waals surface area (Å²) in [5.41, 5.74) is 9.28. The summed E-state index contributed by atoms with van der Waals surface area (Å²) in [6.07, 6.45) is 0. The van der Waals surface area contributed by atoms with Crippen LogP contribution in [0.15, 0.2) is 35.4 Å². The van der Waals surface area contributed by atoms with E-state index in [1.165, 1.54) is 0 Å². The zero-order chi connectivity index (χ0) is 12.7. The number of carbonyl (C=O) groups is 1. The first-order valence-corrected chi connectivity index (χ1v) is 5.40. The van der Waals surface area contributed by atoms with E-state index < -0.39 is 12.0 Å². The molecule has 0 aliphatic heterocycles. The molecule has 0 radical (unpaired) electrons. The highest BCUT2D eigenvalue weighted by molar-refractivity contribution is 5.76. The third kappa shape index (κ3) is 4.17. The van der Waals surface area contributed by atoms with Crippen molar-refractivity contribution in [3.63, 3.8) is 0 Å². The molecule has 1 aromatic carbocycles. The first-order valence-electron chi connectivity index (χ1n) is 5.40. The summed E-state index contributed by atoms with van der Waals surface area (Å²) >= 11 is 0. The largest absolute Gasteiger partial charge is 0.460 e. The van der Waals surface area contributed by atoms with Crippen molar-refractivity contribution in [3.05, 3.63) is 46.3 Å². The van der Waals surface area contributed by atoms with Gasteiger partial charge in [0.25, 0.3) is 0 Å². The molecule has 5 nitrogen and oxygen atoms in total. The van der Waals surface area contributed by atoms with Gasteiger partial charge in [-0.1, -0.05) is 49.3 Å². The molecule has 1 rings (SSSR count). The van der Waals surface area contributed by atoms with E-state index in [2.05, 4.69) is 10.0 Å². The number of ether oxygens (including phenoxy) is 1. The molecule has 17 heavy (non-hydrogen) atoms. The molecule has 0 unspecified atom stereocenters. The Labute approximate surface area is 100 Å². The molecule has 1 atom stereocenters. The first-order chi connectivity index (χ1) is 8.15. The number of esters is 1. The van der Waals surface area contributed by atoms with Crippen LogP contribution in [0.5, 0.6) is 0 Å². The van der Waals surface area contributed by atoms with Crippen molar-refractivity contribution in [2.75, 3.05) is 0 Å². The van der Waals surface area contributed by atoms with Crippen molar-refractivity contribution in [1.82, 2.24) is 0 Å². The molecule has 0 aromatic heterocycles. The molecule has 0 amide bonds. The van der Waals surface area contributed by atoms with Crippen LogP contribution >= 0.6 is 0 Å². The third-order valence-corrected chi connectivity index (χ3v) is 2.27. The number of hydrogen-bond donors (Lipinski definition) is 0. The van der Waals surface area contributed by atoms with E-state index in [1.54, 1.807) is 0 Å². The summed E-state index contributed by atoms with van der Waals surface area (Å²) in [4.78, 5) is 14.3. The van der Waals surface area contributed by atoms with Gasteiger partial charge in [-0.05, 0) is 17.0 Å². The maximum atomic E-state index is 11.7. The van der Waals surface area contributed by atoms with Crippen LogP contribution in [0.2, 0.25) is 0 Å². The van der Waals surface area contributed by atoms with E-state index >= 15 is 0 Å². The maximum Gasteiger partial charge on any atom is 0.315 e. The van der Waals surface area contributed by atoms with Crippen LogP contribution in [0.1, 0.15) is 19.4 Å². The lowest BCUT2D eigenvalue weighted by Crippen LogP contribution is -2.26. The van der Waals surface area contributed by atoms with Crippen molar-refractivity contribution in [3.8, 4) is 0 Å². The lowest BCUT2D eigenvalue weighted by atomic mass is 10.1. The van der Waals surface area contributed by atoms with Crippen LogP contribution in [0, 0.1) is 5.92 Å². The highest BCUT2D eigenvalue weighted by atomic mass is 16.5. The molecule has 5 heteroatoms. The SMILES string of the molecule is CC(C)[C@H](N=[N+]=[N-])C(=O)OCc1ccccc1. The topological polar surface area (TPSA) is 75.1 Å². The average Bonchev–Trinajstić information content (AvgIpc) is 2.34. The molecule has 0 aliphatic carbocycles. The fourth-order valence-corrected chi connectivity index (χ4v) is 1.32. The van der Waals surface area contributed by atoms with Gasteiger partial charge in [0, 0.05) is 4.91 Å². The summed E-state index contributed by atoms with van der Waals surface area (Å²) < 4.78 is 5.10. The van der Waals surface area contributed by atoms with Gasteiger partial charge in [-0.2, -0.15) is 0 Å². The Morgan fingerprint density at radius 2 is 2.06 bits per heavy atom. The second kappa shape index (κ2) is 6.55. The van der Waals surface area contributed by atoms with E-state index in [9.17, 15) is 4.79 Å². The van der Waals surface area contributed by atoms with Crippen molar-refractivity contribution in [1.29, 1.82) is 0 Å². The lowest BCUT2D eigenvalue weighted by Gasteiger charge is -2.13. The molecular formula is C12H15N3O2. The minimum Gasteiger partial charge on any atom is -0.460 e. The minimum atomic E-state index is -0.760. The van der Waals surface area contributed by atoms with Crippen LogP contribution in [0.3, 0.4) is 0 Å². The summed E-state index contributed by atoms with van der Waals surface area (Å²) in [6.45, 7) is 3.82. The third-order valence-electron chi connectivity index (χ3n) is 2.27. The van der Waals surface area contributed by atoms with Crippen LogP contribution in [0.4, 0.5) is 0 Å². The summed E-state index contributed by atoms with van der Waals surface area (Å²) in [5.74, 6) is -0.559. The Kier molecular flexibility index (Phi) is 5.04.